The maximum atomic E-state index is 14.0. The molecular formula is C17H16FN3OS. The van der Waals surface area contributed by atoms with Crippen LogP contribution in [0.3, 0.4) is 0 Å². The summed E-state index contributed by atoms with van der Waals surface area (Å²) in [6, 6.07) is 9.20. The third kappa shape index (κ3) is 2.47. The van der Waals surface area contributed by atoms with Crippen molar-refractivity contribution in [3.63, 3.8) is 0 Å². The minimum absolute atomic E-state index is 0.350. The zero-order chi connectivity index (χ0) is 15.9. The number of fused-ring (bicyclic) bond motifs is 2. The molecule has 2 N–H and O–H groups in total. The van der Waals surface area contributed by atoms with Gasteiger partial charge in [-0.1, -0.05) is 17.8 Å². The third-order valence-corrected chi connectivity index (χ3v) is 5.21. The number of rotatable bonds is 1. The molecule has 1 unspecified atom stereocenters. The Morgan fingerprint density at radius 1 is 1.26 bits per heavy atom. The molecule has 0 radical (unpaired) electrons. The molecule has 6 heteroatoms. The SMILES string of the molecule is NC1=NC2(CCOc3ccc(-c4cccnc4F)cc32)CCS1. The van der Waals surface area contributed by atoms with Crippen molar-refractivity contribution in [2.45, 2.75) is 18.4 Å². The zero-order valence-electron chi connectivity index (χ0n) is 12.5. The van der Waals surface area contributed by atoms with Crippen molar-refractivity contribution in [2.24, 2.45) is 10.7 Å². The van der Waals surface area contributed by atoms with Gasteiger partial charge in [-0.2, -0.15) is 4.39 Å². The number of hydrogen-bond acceptors (Lipinski definition) is 5. The van der Waals surface area contributed by atoms with E-state index in [1.807, 2.05) is 18.2 Å². The van der Waals surface area contributed by atoms with Gasteiger partial charge in [0.15, 0.2) is 5.17 Å². The molecule has 1 spiro atoms. The Kier molecular flexibility index (Phi) is 3.49. The van der Waals surface area contributed by atoms with Crippen LogP contribution in [0.25, 0.3) is 11.1 Å². The van der Waals surface area contributed by atoms with Gasteiger partial charge in [0.25, 0.3) is 0 Å². The average Bonchev–Trinajstić information content (AvgIpc) is 2.56. The molecule has 2 aliphatic rings. The lowest BCUT2D eigenvalue weighted by Gasteiger charge is -2.38. The number of thioether (sulfide) groups is 1. The van der Waals surface area contributed by atoms with Crippen LogP contribution in [0.2, 0.25) is 0 Å². The van der Waals surface area contributed by atoms with Gasteiger partial charge in [0.2, 0.25) is 5.95 Å². The number of hydrogen-bond donors (Lipinski definition) is 1. The first-order valence-corrected chi connectivity index (χ1v) is 8.53. The van der Waals surface area contributed by atoms with Crippen LogP contribution in [0, 0.1) is 5.95 Å². The molecular weight excluding hydrogens is 313 g/mol. The van der Waals surface area contributed by atoms with Crippen molar-refractivity contribution in [1.82, 2.24) is 4.98 Å². The van der Waals surface area contributed by atoms with Crippen molar-refractivity contribution in [3.05, 3.63) is 48.0 Å². The van der Waals surface area contributed by atoms with E-state index < -0.39 is 5.95 Å². The first-order valence-electron chi connectivity index (χ1n) is 7.54. The van der Waals surface area contributed by atoms with Gasteiger partial charge >= 0.3 is 0 Å². The Balaban J connectivity index is 1.87. The van der Waals surface area contributed by atoms with Crippen molar-refractivity contribution in [1.29, 1.82) is 0 Å². The molecule has 3 heterocycles. The van der Waals surface area contributed by atoms with E-state index in [2.05, 4.69) is 4.98 Å². The Hall–Kier alpha value is -2.08. The number of benzene rings is 1. The molecule has 1 atom stereocenters. The molecule has 0 saturated carbocycles. The van der Waals surface area contributed by atoms with Crippen LogP contribution in [-0.4, -0.2) is 22.5 Å². The molecule has 0 bridgehead atoms. The van der Waals surface area contributed by atoms with E-state index in [0.29, 0.717) is 17.3 Å². The van der Waals surface area contributed by atoms with Crippen molar-refractivity contribution in [2.75, 3.05) is 12.4 Å². The Labute approximate surface area is 138 Å². The maximum Gasteiger partial charge on any atom is 0.220 e. The molecule has 1 aromatic heterocycles. The zero-order valence-corrected chi connectivity index (χ0v) is 13.3. The Bertz CT molecular complexity index is 795. The largest absolute Gasteiger partial charge is 0.493 e. The summed E-state index contributed by atoms with van der Waals surface area (Å²) in [7, 11) is 0. The lowest BCUT2D eigenvalue weighted by molar-refractivity contribution is 0.214. The summed E-state index contributed by atoms with van der Waals surface area (Å²) in [5.74, 6) is 1.27. The van der Waals surface area contributed by atoms with E-state index in [0.717, 1.165) is 35.5 Å². The van der Waals surface area contributed by atoms with Gasteiger partial charge < -0.3 is 10.5 Å². The normalized spacial score (nSPS) is 23.1. The first-order chi connectivity index (χ1) is 11.2. The van der Waals surface area contributed by atoms with Crippen LogP contribution in [0.1, 0.15) is 18.4 Å². The fraction of sp³-hybridized carbons (Fsp3) is 0.294. The average molecular weight is 329 g/mol. The van der Waals surface area contributed by atoms with Crippen LogP contribution < -0.4 is 10.5 Å². The van der Waals surface area contributed by atoms with Crippen molar-refractivity contribution < 1.29 is 9.13 Å². The quantitative estimate of drug-likeness (QED) is 0.815. The summed E-state index contributed by atoms with van der Waals surface area (Å²) in [4.78, 5) is 8.47. The number of amidine groups is 1. The van der Waals surface area contributed by atoms with Gasteiger partial charge in [0, 0.05) is 29.5 Å². The molecule has 0 fully saturated rings. The summed E-state index contributed by atoms with van der Waals surface area (Å²) in [6.07, 6.45) is 3.15. The molecule has 4 nitrogen and oxygen atoms in total. The van der Waals surface area contributed by atoms with Gasteiger partial charge in [-0.15, -0.1) is 0 Å². The molecule has 0 aliphatic carbocycles. The highest BCUT2D eigenvalue weighted by molar-refractivity contribution is 8.13. The van der Waals surface area contributed by atoms with Crippen LogP contribution in [0.15, 0.2) is 41.5 Å². The van der Waals surface area contributed by atoms with Crippen LogP contribution >= 0.6 is 11.8 Å². The predicted molar refractivity (Wildman–Crippen MR) is 90.1 cm³/mol. The minimum Gasteiger partial charge on any atom is -0.493 e. The monoisotopic (exact) mass is 329 g/mol. The molecule has 2 aromatic rings. The Morgan fingerprint density at radius 3 is 3.00 bits per heavy atom. The fourth-order valence-corrected chi connectivity index (χ4v) is 4.14. The van der Waals surface area contributed by atoms with Gasteiger partial charge in [-0.3, -0.25) is 4.99 Å². The van der Waals surface area contributed by atoms with Gasteiger partial charge in [0.1, 0.15) is 5.75 Å². The summed E-state index contributed by atoms with van der Waals surface area (Å²) in [6.45, 7) is 0.620. The summed E-state index contributed by atoms with van der Waals surface area (Å²) in [5.41, 5.74) is 7.88. The second kappa shape index (κ2) is 5.53. The topological polar surface area (TPSA) is 60.5 Å². The highest BCUT2D eigenvalue weighted by atomic mass is 32.2. The van der Waals surface area contributed by atoms with Crippen molar-refractivity contribution >= 4 is 16.9 Å². The van der Waals surface area contributed by atoms with E-state index in [1.165, 1.54) is 6.20 Å². The van der Waals surface area contributed by atoms with Crippen LogP contribution in [-0.2, 0) is 5.54 Å². The van der Waals surface area contributed by atoms with Crippen molar-refractivity contribution in [3.8, 4) is 16.9 Å². The predicted octanol–water partition coefficient (Wildman–Crippen LogP) is 3.32. The number of halogens is 1. The highest BCUT2D eigenvalue weighted by Gasteiger charge is 2.39. The summed E-state index contributed by atoms with van der Waals surface area (Å²) >= 11 is 1.58. The number of aliphatic imine (C=N–C) groups is 1. The first kappa shape index (κ1) is 14.5. The second-order valence-corrected chi connectivity index (χ2v) is 6.85. The highest BCUT2D eigenvalue weighted by Crippen LogP contribution is 2.46. The number of nitrogens with two attached hydrogens (primary N) is 1. The van der Waals surface area contributed by atoms with E-state index in [1.54, 1.807) is 23.9 Å². The van der Waals surface area contributed by atoms with Gasteiger partial charge in [0.05, 0.1) is 12.1 Å². The standard InChI is InChI=1S/C17H16FN3OS/c18-15-12(2-1-7-20-15)11-3-4-14-13(10-11)17(5-8-22-14)6-9-23-16(19)21-17/h1-4,7,10H,5-6,8-9H2,(H2,19,21). The van der Waals surface area contributed by atoms with E-state index in [4.69, 9.17) is 15.5 Å². The second-order valence-electron chi connectivity index (χ2n) is 5.73. The molecule has 2 aliphatic heterocycles. The lowest BCUT2D eigenvalue weighted by atomic mass is 9.81. The Morgan fingerprint density at radius 2 is 2.17 bits per heavy atom. The van der Waals surface area contributed by atoms with E-state index in [-0.39, 0.29) is 5.54 Å². The summed E-state index contributed by atoms with van der Waals surface area (Å²) < 4.78 is 19.8. The number of ether oxygens (including phenoxy) is 1. The number of aromatic nitrogens is 1. The number of nitrogens with zero attached hydrogens (tertiary/aromatic N) is 2. The minimum atomic E-state index is -0.472. The molecule has 0 saturated heterocycles. The third-order valence-electron chi connectivity index (χ3n) is 4.41. The summed E-state index contributed by atoms with van der Waals surface area (Å²) in [5, 5.41) is 0.613. The molecule has 0 amide bonds. The number of pyridine rings is 1. The van der Waals surface area contributed by atoms with Gasteiger partial charge in [-0.25, -0.2) is 4.98 Å². The smallest absolute Gasteiger partial charge is 0.220 e. The van der Waals surface area contributed by atoms with Gasteiger partial charge in [-0.05, 0) is 36.2 Å². The lowest BCUT2D eigenvalue weighted by Crippen LogP contribution is -2.36. The molecule has 23 heavy (non-hydrogen) atoms. The van der Waals surface area contributed by atoms with E-state index >= 15 is 0 Å². The van der Waals surface area contributed by atoms with E-state index in [9.17, 15) is 4.39 Å². The fourth-order valence-electron chi connectivity index (χ4n) is 3.25. The van der Waals surface area contributed by atoms with Crippen LogP contribution in [0.5, 0.6) is 5.75 Å². The maximum absolute atomic E-state index is 14.0. The molecule has 1 aromatic carbocycles. The van der Waals surface area contributed by atoms with Crippen LogP contribution in [0.4, 0.5) is 4.39 Å². The molecule has 4 rings (SSSR count). The molecule has 118 valence electrons.